The minimum absolute atomic E-state index is 0.0299. The maximum Gasteiger partial charge on any atom is 0.240 e. The van der Waals surface area contributed by atoms with Crippen LogP contribution in [0, 0.1) is 13.8 Å². The van der Waals surface area contributed by atoms with E-state index in [4.69, 9.17) is 19.6 Å². The number of aliphatic hydroxyl groups excluding tert-OH is 1. The van der Waals surface area contributed by atoms with Crippen molar-refractivity contribution in [3.8, 4) is 23.0 Å². The van der Waals surface area contributed by atoms with E-state index in [2.05, 4.69) is 34.0 Å². The van der Waals surface area contributed by atoms with Crippen LogP contribution in [0.2, 0.25) is 0 Å². The van der Waals surface area contributed by atoms with E-state index in [0.717, 1.165) is 57.0 Å². The topological polar surface area (TPSA) is 119 Å². The maximum absolute atomic E-state index is 10.0. The van der Waals surface area contributed by atoms with Crippen molar-refractivity contribution in [1.29, 1.82) is 0 Å². The van der Waals surface area contributed by atoms with Gasteiger partial charge in [-0.1, -0.05) is 6.92 Å². The Labute approximate surface area is 228 Å². The summed E-state index contributed by atoms with van der Waals surface area (Å²) in [5.74, 6) is 1.24. The standard InChI is InChI=1S/C28H38N8O3/c1-8-35-13-17(4)39-28-25(18(5)32-34(28)7)23-12-21-22(30-31-26(21)19(6)29-23)11-10-20-24(14-35)36(16(3)15-37)33-27(20)38-9-2/h10-12,16-17,37H,8-9,13-15H2,1-7H3,(H,30,31)/b11-10+/t16-,17-/m0/s1. The van der Waals surface area contributed by atoms with Gasteiger partial charge >= 0.3 is 0 Å². The summed E-state index contributed by atoms with van der Waals surface area (Å²) in [5, 5.41) is 28.2. The van der Waals surface area contributed by atoms with Crippen molar-refractivity contribution in [2.24, 2.45) is 7.05 Å². The lowest BCUT2D eigenvalue weighted by molar-refractivity contribution is 0.132. The van der Waals surface area contributed by atoms with Crippen LogP contribution in [0.4, 0.5) is 0 Å². The third-order valence-corrected chi connectivity index (χ3v) is 7.22. The molecule has 2 atom stereocenters. The van der Waals surface area contributed by atoms with Crippen LogP contribution in [0.15, 0.2) is 6.07 Å². The summed E-state index contributed by atoms with van der Waals surface area (Å²) in [5.41, 5.74) is 6.89. The van der Waals surface area contributed by atoms with Crippen molar-refractivity contribution in [2.75, 3.05) is 26.3 Å². The second-order valence-corrected chi connectivity index (χ2v) is 10.2. The molecule has 5 heterocycles. The predicted molar refractivity (Wildman–Crippen MR) is 151 cm³/mol. The summed E-state index contributed by atoms with van der Waals surface area (Å²) in [4.78, 5) is 7.21. The van der Waals surface area contributed by atoms with E-state index in [1.54, 1.807) is 4.68 Å². The highest BCUT2D eigenvalue weighted by Gasteiger charge is 2.26. The van der Waals surface area contributed by atoms with Crippen LogP contribution in [0.25, 0.3) is 34.3 Å². The zero-order valence-electron chi connectivity index (χ0n) is 23.8. The molecular weight excluding hydrogens is 496 g/mol. The van der Waals surface area contributed by atoms with Gasteiger partial charge in [-0.2, -0.15) is 10.2 Å². The molecule has 4 aromatic heterocycles. The first kappa shape index (κ1) is 26.9. The van der Waals surface area contributed by atoms with E-state index in [1.165, 1.54) is 0 Å². The van der Waals surface area contributed by atoms with Crippen LogP contribution in [-0.4, -0.2) is 77.2 Å². The first-order valence-corrected chi connectivity index (χ1v) is 13.6. The first-order chi connectivity index (χ1) is 18.7. The van der Waals surface area contributed by atoms with E-state index in [1.807, 2.05) is 57.6 Å². The number of nitrogens with one attached hydrogen (secondary N) is 1. The van der Waals surface area contributed by atoms with Gasteiger partial charge in [0.15, 0.2) is 0 Å². The molecular formula is C28H38N8O3. The molecule has 11 heteroatoms. The van der Waals surface area contributed by atoms with Crippen LogP contribution in [0.3, 0.4) is 0 Å². The Morgan fingerprint density at radius 2 is 2.00 bits per heavy atom. The third kappa shape index (κ3) is 4.92. The summed E-state index contributed by atoms with van der Waals surface area (Å²) in [6, 6.07) is 1.84. The fourth-order valence-electron chi connectivity index (χ4n) is 5.26. The van der Waals surface area contributed by atoms with Crippen molar-refractivity contribution in [2.45, 2.75) is 60.2 Å². The van der Waals surface area contributed by atoms with E-state index in [9.17, 15) is 5.11 Å². The van der Waals surface area contributed by atoms with Crippen molar-refractivity contribution < 1.29 is 14.6 Å². The highest BCUT2D eigenvalue weighted by Crippen LogP contribution is 2.36. The van der Waals surface area contributed by atoms with Gasteiger partial charge in [0.2, 0.25) is 11.8 Å². The Kier molecular flexibility index (Phi) is 7.46. The van der Waals surface area contributed by atoms with Crippen LogP contribution >= 0.6 is 0 Å². The fourth-order valence-corrected chi connectivity index (χ4v) is 5.26. The molecule has 1 aliphatic rings. The minimum Gasteiger partial charge on any atom is -0.476 e. The number of aromatic amines is 1. The molecule has 0 saturated heterocycles. The number of hydrogen-bond acceptors (Lipinski definition) is 8. The largest absolute Gasteiger partial charge is 0.476 e. The minimum atomic E-state index is -0.208. The number of hydrogen-bond donors (Lipinski definition) is 2. The zero-order chi connectivity index (χ0) is 27.8. The average molecular weight is 535 g/mol. The monoisotopic (exact) mass is 534 g/mol. The molecule has 39 heavy (non-hydrogen) atoms. The van der Waals surface area contributed by atoms with Gasteiger partial charge in [-0.25, -0.2) is 4.68 Å². The molecule has 0 unspecified atom stereocenters. The number of likely N-dealkylation sites (N-methyl/N-ethyl adjacent to an activating group) is 1. The number of rotatable bonds is 5. The second-order valence-electron chi connectivity index (χ2n) is 10.2. The molecule has 5 rings (SSSR count). The molecule has 208 valence electrons. The maximum atomic E-state index is 10.0. The number of aromatic nitrogens is 7. The van der Waals surface area contributed by atoms with Gasteiger partial charge in [0.05, 0.1) is 58.9 Å². The van der Waals surface area contributed by atoms with Crippen molar-refractivity contribution in [1.82, 2.24) is 39.6 Å². The molecule has 2 N–H and O–H groups in total. The Morgan fingerprint density at radius 3 is 2.72 bits per heavy atom. The molecule has 4 aromatic rings. The van der Waals surface area contributed by atoms with E-state index in [0.29, 0.717) is 31.5 Å². The fraction of sp³-hybridized carbons (Fsp3) is 0.500. The van der Waals surface area contributed by atoms with Gasteiger partial charge in [-0.05, 0) is 59.4 Å². The van der Waals surface area contributed by atoms with Gasteiger partial charge in [0.1, 0.15) is 11.6 Å². The summed E-state index contributed by atoms with van der Waals surface area (Å²) >= 11 is 0. The summed E-state index contributed by atoms with van der Waals surface area (Å²) in [7, 11) is 1.90. The summed E-state index contributed by atoms with van der Waals surface area (Å²) < 4.78 is 16.2. The molecule has 0 saturated carbocycles. The Bertz CT molecular complexity index is 1520. The number of ether oxygens (including phenoxy) is 2. The molecule has 0 amide bonds. The van der Waals surface area contributed by atoms with Crippen LogP contribution < -0.4 is 9.47 Å². The first-order valence-electron chi connectivity index (χ1n) is 13.6. The van der Waals surface area contributed by atoms with Gasteiger partial charge in [0, 0.05) is 25.5 Å². The Hall–Kier alpha value is -3.70. The van der Waals surface area contributed by atoms with Crippen LogP contribution in [-0.2, 0) is 13.6 Å². The van der Waals surface area contributed by atoms with Gasteiger partial charge < -0.3 is 14.6 Å². The number of fused-ring (bicyclic) bond motifs is 4. The lowest BCUT2D eigenvalue weighted by atomic mass is 10.1. The summed E-state index contributed by atoms with van der Waals surface area (Å²) in [6.07, 6.45) is 3.92. The van der Waals surface area contributed by atoms with Crippen molar-refractivity contribution in [3.63, 3.8) is 0 Å². The molecule has 2 bridgehead atoms. The SMILES string of the molecule is CCOc1nn([C@@H](C)CO)c2c1/C=C/c1[nH]nc3c(C)nc(cc13)-c1c(C)nn(C)c1O[C@@H](C)CN(CC)C2. The number of pyridine rings is 1. The molecule has 1 aliphatic heterocycles. The van der Waals surface area contributed by atoms with E-state index >= 15 is 0 Å². The molecule has 0 aliphatic carbocycles. The smallest absolute Gasteiger partial charge is 0.240 e. The molecule has 0 spiro atoms. The van der Waals surface area contributed by atoms with Crippen LogP contribution in [0.1, 0.15) is 62.1 Å². The quantitative estimate of drug-likeness (QED) is 0.396. The zero-order valence-corrected chi connectivity index (χ0v) is 23.8. The number of aryl methyl sites for hydroxylation is 3. The van der Waals surface area contributed by atoms with E-state index in [-0.39, 0.29) is 18.8 Å². The van der Waals surface area contributed by atoms with Gasteiger partial charge in [-0.15, -0.1) is 5.10 Å². The van der Waals surface area contributed by atoms with Gasteiger partial charge in [0.25, 0.3) is 0 Å². The lowest BCUT2D eigenvalue weighted by Crippen LogP contribution is -2.35. The average Bonchev–Trinajstić information content (AvgIpc) is 3.55. The van der Waals surface area contributed by atoms with Crippen molar-refractivity contribution >= 4 is 23.1 Å². The lowest BCUT2D eigenvalue weighted by Gasteiger charge is -2.26. The second kappa shape index (κ2) is 10.8. The number of nitrogens with zero attached hydrogens (tertiary/aromatic N) is 7. The normalized spacial score (nSPS) is 17.8. The highest BCUT2D eigenvalue weighted by atomic mass is 16.5. The highest BCUT2D eigenvalue weighted by molar-refractivity contribution is 5.93. The molecule has 11 nitrogen and oxygen atoms in total. The predicted octanol–water partition coefficient (Wildman–Crippen LogP) is 3.90. The molecule has 0 fully saturated rings. The Morgan fingerprint density at radius 1 is 1.21 bits per heavy atom. The molecule has 0 aromatic carbocycles. The summed E-state index contributed by atoms with van der Waals surface area (Å²) in [6.45, 7) is 14.6. The van der Waals surface area contributed by atoms with Gasteiger partial charge in [-0.3, -0.25) is 19.7 Å². The third-order valence-electron chi connectivity index (χ3n) is 7.22. The van der Waals surface area contributed by atoms with E-state index < -0.39 is 0 Å². The number of aliphatic hydroxyl groups is 1. The Balaban J connectivity index is 1.76. The molecule has 0 radical (unpaired) electrons. The van der Waals surface area contributed by atoms with Crippen LogP contribution in [0.5, 0.6) is 11.8 Å². The number of H-pyrrole nitrogens is 1. The van der Waals surface area contributed by atoms with Crippen molar-refractivity contribution in [3.05, 3.63) is 34.4 Å².